The lowest BCUT2D eigenvalue weighted by atomic mass is 10.00. The minimum atomic E-state index is -0.463. The van der Waals surface area contributed by atoms with Crippen molar-refractivity contribution in [2.75, 3.05) is 5.32 Å². The number of hydrogen-bond donors (Lipinski definition) is 2. The molecular formula is C14H22N2O. The summed E-state index contributed by atoms with van der Waals surface area (Å²) in [5.41, 5.74) is 7.82. The zero-order valence-electron chi connectivity index (χ0n) is 11.0. The van der Waals surface area contributed by atoms with Crippen LogP contribution in [-0.4, -0.2) is 11.9 Å². The molecule has 0 aliphatic heterocycles. The lowest BCUT2D eigenvalue weighted by Gasteiger charge is -2.18. The van der Waals surface area contributed by atoms with Gasteiger partial charge in [-0.05, 0) is 23.5 Å². The highest BCUT2D eigenvalue weighted by atomic mass is 16.2. The van der Waals surface area contributed by atoms with Gasteiger partial charge in [0.15, 0.2) is 0 Å². The Balaban J connectivity index is 2.85. The molecule has 0 aromatic heterocycles. The molecule has 0 fully saturated rings. The molecule has 1 atom stereocenters. The standard InChI is InChI=1S/C14H22N2O/c1-9(2)11-7-5-6-8-12(11)16-14(17)13(15)10(3)4/h5-10,13H,15H2,1-4H3,(H,16,17)/t13-/m0/s1. The Hall–Kier alpha value is -1.35. The van der Waals surface area contributed by atoms with Gasteiger partial charge in [-0.2, -0.15) is 0 Å². The molecule has 0 heterocycles. The second-order valence-corrected chi connectivity index (χ2v) is 5.00. The molecule has 94 valence electrons. The number of carbonyl (C=O) groups is 1. The SMILES string of the molecule is CC(C)c1ccccc1NC(=O)[C@@H](N)C(C)C. The van der Waals surface area contributed by atoms with Crippen molar-refractivity contribution in [2.45, 2.75) is 39.7 Å². The molecule has 3 N–H and O–H groups in total. The molecule has 0 spiro atoms. The van der Waals surface area contributed by atoms with Gasteiger partial charge in [0.2, 0.25) is 5.91 Å². The highest BCUT2D eigenvalue weighted by Gasteiger charge is 2.18. The van der Waals surface area contributed by atoms with Crippen molar-refractivity contribution in [3.05, 3.63) is 29.8 Å². The van der Waals surface area contributed by atoms with Gasteiger partial charge >= 0.3 is 0 Å². The average molecular weight is 234 g/mol. The number of nitrogens with one attached hydrogen (secondary N) is 1. The number of carbonyl (C=O) groups excluding carboxylic acids is 1. The number of para-hydroxylation sites is 1. The van der Waals surface area contributed by atoms with Crippen molar-refractivity contribution in [2.24, 2.45) is 11.7 Å². The molecule has 3 heteroatoms. The van der Waals surface area contributed by atoms with Crippen molar-refractivity contribution in [3.8, 4) is 0 Å². The van der Waals surface area contributed by atoms with Crippen LogP contribution in [0.5, 0.6) is 0 Å². The summed E-state index contributed by atoms with van der Waals surface area (Å²) in [5, 5.41) is 2.91. The van der Waals surface area contributed by atoms with E-state index >= 15 is 0 Å². The maximum absolute atomic E-state index is 11.9. The summed E-state index contributed by atoms with van der Waals surface area (Å²) in [6.07, 6.45) is 0. The van der Waals surface area contributed by atoms with Crippen LogP contribution in [-0.2, 0) is 4.79 Å². The van der Waals surface area contributed by atoms with Crippen molar-refractivity contribution in [1.82, 2.24) is 0 Å². The minimum absolute atomic E-state index is 0.117. The van der Waals surface area contributed by atoms with E-state index in [9.17, 15) is 4.79 Å². The first-order valence-corrected chi connectivity index (χ1v) is 6.08. The van der Waals surface area contributed by atoms with Crippen LogP contribution in [0.4, 0.5) is 5.69 Å². The molecule has 1 amide bonds. The Labute approximate surface area is 103 Å². The molecule has 1 aromatic carbocycles. The molecule has 1 rings (SSSR count). The van der Waals surface area contributed by atoms with E-state index in [1.54, 1.807) is 0 Å². The van der Waals surface area contributed by atoms with Gasteiger partial charge in [-0.3, -0.25) is 4.79 Å². The van der Waals surface area contributed by atoms with Gasteiger partial charge in [-0.15, -0.1) is 0 Å². The van der Waals surface area contributed by atoms with Gasteiger partial charge in [0, 0.05) is 5.69 Å². The maximum atomic E-state index is 11.9. The Bertz CT molecular complexity index is 386. The van der Waals surface area contributed by atoms with Crippen molar-refractivity contribution in [3.63, 3.8) is 0 Å². The third kappa shape index (κ3) is 3.56. The van der Waals surface area contributed by atoms with E-state index < -0.39 is 6.04 Å². The van der Waals surface area contributed by atoms with Crippen molar-refractivity contribution in [1.29, 1.82) is 0 Å². The fourth-order valence-corrected chi connectivity index (χ4v) is 1.63. The van der Waals surface area contributed by atoms with E-state index in [1.165, 1.54) is 0 Å². The Morgan fingerprint density at radius 3 is 2.29 bits per heavy atom. The van der Waals surface area contributed by atoms with Crippen LogP contribution >= 0.6 is 0 Å². The van der Waals surface area contributed by atoms with Crippen LogP contribution in [0.25, 0.3) is 0 Å². The second kappa shape index (κ2) is 5.82. The summed E-state index contributed by atoms with van der Waals surface area (Å²) < 4.78 is 0. The molecule has 0 radical (unpaired) electrons. The van der Waals surface area contributed by atoms with Gasteiger partial charge in [0.25, 0.3) is 0 Å². The van der Waals surface area contributed by atoms with Gasteiger partial charge in [-0.1, -0.05) is 45.9 Å². The lowest BCUT2D eigenvalue weighted by molar-refractivity contribution is -0.118. The first-order valence-electron chi connectivity index (χ1n) is 6.08. The van der Waals surface area contributed by atoms with E-state index in [0.29, 0.717) is 5.92 Å². The maximum Gasteiger partial charge on any atom is 0.241 e. The zero-order valence-corrected chi connectivity index (χ0v) is 11.0. The molecule has 1 aromatic rings. The fraction of sp³-hybridized carbons (Fsp3) is 0.500. The summed E-state index contributed by atoms with van der Waals surface area (Å²) in [7, 11) is 0. The van der Waals surface area contributed by atoms with Crippen molar-refractivity contribution < 1.29 is 4.79 Å². The fourth-order valence-electron chi connectivity index (χ4n) is 1.63. The van der Waals surface area contributed by atoms with Crippen LogP contribution in [0.2, 0.25) is 0 Å². The van der Waals surface area contributed by atoms with Crippen LogP contribution < -0.4 is 11.1 Å². The normalized spacial score (nSPS) is 12.9. The van der Waals surface area contributed by atoms with Gasteiger partial charge in [0.1, 0.15) is 0 Å². The average Bonchev–Trinajstić information content (AvgIpc) is 2.28. The third-order valence-corrected chi connectivity index (χ3v) is 2.86. The molecular weight excluding hydrogens is 212 g/mol. The van der Waals surface area contributed by atoms with Gasteiger partial charge in [-0.25, -0.2) is 0 Å². The van der Waals surface area contributed by atoms with E-state index in [2.05, 4.69) is 19.2 Å². The number of rotatable bonds is 4. The second-order valence-electron chi connectivity index (χ2n) is 5.00. The van der Waals surface area contributed by atoms with E-state index in [4.69, 9.17) is 5.73 Å². The quantitative estimate of drug-likeness (QED) is 0.841. The number of amides is 1. The smallest absolute Gasteiger partial charge is 0.241 e. The summed E-state index contributed by atoms with van der Waals surface area (Å²) in [6.45, 7) is 8.10. The number of anilines is 1. The zero-order chi connectivity index (χ0) is 13.0. The van der Waals surface area contributed by atoms with E-state index in [1.807, 2.05) is 38.1 Å². The Morgan fingerprint density at radius 1 is 1.18 bits per heavy atom. The molecule has 0 aliphatic carbocycles. The van der Waals surface area contributed by atoms with Crippen LogP contribution in [0.1, 0.15) is 39.2 Å². The Kier molecular flexibility index (Phi) is 4.70. The summed E-state index contributed by atoms with van der Waals surface area (Å²) >= 11 is 0. The van der Waals surface area contributed by atoms with Crippen LogP contribution in [0.3, 0.4) is 0 Å². The van der Waals surface area contributed by atoms with Gasteiger partial charge in [0.05, 0.1) is 6.04 Å². The third-order valence-electron chi connectivity index (χ3n) is 2.86. The first kappa shape index (κ1) is 13.7. The molecule has 0 bridgehead atoms. The molecule has 0 saturated carbocycles. The summed E-state index contributed by atoms with van der Waals surface area (Å²) in [6, 6.07) is 7.38. The lowest BCUT2D eigenvalue weighted by Crippen LogP contribution is -2.39. The van der Waals surface area contributed by atoms with E-state index in [-0.39, 0.29) is 11.8 Å². The predicted octanol–water partition coefficient (Wildman–Crippen LogP) is 2.73. The van der Waals surface area contributed by atoms with E-state index in [0.717, 1.165) is 11.3 Å². The van der Waals surface area contributed by atoms with Crippen molar-refractivity contribution >= 4 is 11.6 Å². The molecule has 0 unspecified atom stereocenters. The van der Waals surface area contributed by atoms with Crippen LogP contribution in [0.15, 0.2) is 24.3 Å². The number of hydrogen-bond acceptors (Lipinski definition) is 2. The molecule has 3 nitrogen and oxygen atoms in total. The Morgan fingerprint density at radius 2 is 1.76 bits per heavy atom. The highest BCUT2D eigenvalue weighted by Crippen LogP contribution is 2.23. The highest BCUT2D eigenvalue weighted by molar-refractivity contribution is 5.95. The minimum Gasteiger partial charge on any atom is -0.324 e. The molecule has 0 aliphatic rings. The van der Waals surface area contributed by atoms with Gasteiger partial charge < -0.3 is 11.1 Å². The summed E-state index contributed by atoms with van der Waals surface area (Å²) in [5.74, 6) is 0.399. The predicted molar refractivity (Wildman–Crippen MR) is 72.0 cm³/mol. The largest absolute Gasteiger partial charge is 0.324 e. The van der Waals surface area contributed by atoms with Crippen LogP contribution in [0, 0.1) is 5.92 Å². The number of nitrogens with two attached hydrogens (primary N) is 1. The monoisotopic (exact) mass is 234 g/mol. The molecule has 17 heavy (non-hydrogen) atoms. The summed E-state index contributed by atoms with van der Waals surface area (Å²) in [4.78, 5) is 11.9. The molecule has 0 saturated heterocycles. The topological polar surface area (TPSA) is 55.1 Å². The number of benzene rings is 1. The first-order chi connectivity index (χ1) is 7.93.